The molecule has 0 N–H and O–H groups in total. The van der Waals surface area contributed by atoms with Crippen LogP contribution in [0, 0.1) is 0 Å². The van der Waals surface area contributed by atoms with Gasteiger partial charge in [0.1, 0.15) is 0 Å². The molecular weight excluding hydrogens is 395 g/mol. The van der Waals surface area contributed by atoms with E-state index in [-0.39, 0.29) is 0 Å². The predicted molar refractivity (Wildman–Crippen MR) is 43.5 cm³/mol. The molecule has 0 amide bonds. The minimum absolute atomic E-state index is 3.00. The van der Waals surface area contributed by atoms with Crippen LogP contribution in [-0.4, -0.2) is 0 Å². The largest absolute Gasteiger partial charge is 0.756 e. The minimum Gasteiger partial charge on any atom is -0.756 e. The lowest BCUT2D eigenvalue weighted by Crippen LogP contribution is -2.21. The Morgan fingerprint density at radius 2 is 0.500 bits per heavy atom. The van der Waals surface area contributed by atoms with Crippen molar-refractivity contribution in [2.75, 3.05) is 0 Å². The Hall–Kier alpha value is 0.750. The highest BCUT2D eigenvalue weighted by atomic mass is 31.3. The summed E-state index contributed by atoms with van der Waals surface area (Å²) >= 11 is 0. The Morgan fingerprint density at radius 1 is 0.400 bits per heavy atom. The molecular formula is O15P5-5. The van der Waals surface area contributed by atoms with Gasteiger partial charge in [-0.3, -0.25) is 22.8 Å². The SMILES string of the molecule is O=P1([O-])OP(=O)([O-])OP(=O)([O-])OP(=O)([O-])OP(=O)([O-])O1. The van der Waals surface area contributed by atoms with Crippen LogP contribution in [0.4, 0.5) is 0 Å². The fourth-order valence-corrected chi connectivity index (χ4v) is 7.52. The van der Waals surface area contributed by atoms with E-state index < -0.39 is 39.1 Å². The normalized spacial score (nSPS) is 55.2. The molecule has 0 bridgehead atoms. The molecule has 0 spiro atoms. The van der Waals surface area contributed by atoms with Crippen molar-refractivity contribution < 1.29 is 68.8 Å². The van der Waals surface area contributed by atoms with Gasteiger partial charge in [0.15, 0.2) is 0 Å². The molecule has 0 aromatic carbocycles. The second kappa shape index (κ2) is 5.43. The highest BCUT2D eigenvalue weighted by Crippen LogP contribution is 2.74. The average Bonchev–Trinajstić information content (AvgIpc) is 1.84. The highest BCUT2D eigenvalue weighted by Gasteiger charge is 2.35. The van der Waals surface area contributed by atoms with Crippen molar-refractivity contribution in [3.05, 3.63) is 0 Å². The third-order valence-corrected chi connectivity index (χ3v) is 9.00. The van der Waals surface area contributed by atoms with Gasteiger partial charge in [-0.15, -0.1) is 0 Å². The Balaban J connectivity index is 3.33. The summed E-state index contributed by atoms with van der Waals surface area (Å²) in [6, 6.07) is 0. The summed E-state index contributed by atoms with van der Waals surface area (Å²) in [4.78, 5) is 54.0. The maximum atomic E-state index is 10.8. The standard InChI is InChI=1S/H5O15P5/c1-16(2)11-17(3,4)13-19(7,8)15-20(9,10)14-18(5,6)12-16/h(H,1,2)(H,3,4)(H,5,6)(H,7,8)(H,9,10)/p-5. The molecule has 0 aliphatic carbocycles. The molecule has 120 valence electrons. The van der Waals surface area contributed by atoms with Crippen molar-refractivity contribution in [1.82, 2.24) is 0 Å². The Labute approximate surface area is 109 Å². The van der Waals surface area contributed by atoms with Gasteiger partial charge in [-0.05, 0) is 0 Å². The molecule has 15 nitrogen and oxygen atoms in total. The molecule has 1 fully saturated rings. The molecule has 0 atom stereocenters. The molecule has 1 rings (SSSR count). The molecule has 20 heteroatoms. The van der Waals surface area contributed by atoms with Crippen LogP contribution in [0.1, 0.15) is 0 Å². The van der Waals surface area contributed by atoms with Crippen LogP contribution in [0.15, 0.2) is 0 Å². The smallest absolute Gasteiger partial charge is 0.280 e. The Bertz CT molecular complexity index is 464. The van der Waals surface area contributed by atoms with Crippen LogP contribution < -0.4 is 24.5 Å². The van der Waals surface area contributed by atoms with Gasteiger partial charge in [-0.1, -0.05) is 0 Å². The lowest BCUT2D eigenvalue weighted by Gasteiger charge is -2.41. The summed E-state index contributed by atoms with van der Waals surface area (Å²) in [5.74, 6) is 0. The van der Waals surface area contributed by atoms with Gasteiger partial charge >= 0.3 is 0 Å². The van der Waals surface area contributed by atoms with E-state index in [1.807, 2.05) is 0 Å². The van der Waals surface area contributed by atoms with Gasteiger partial charge in [-0.2, -0.15) is 0 Å². The van der Waals surface area contributed by atoms with E-state index >= 15 is 0 Å². The van der Waals surface area contributed by atoms with Crippen LogP contribution in [0.3, 0.4) is 0 Å². The second-order valence-corrected chi connectivity index (χ2v) is 10.4. The fourth-order valence-electron chi connectivity index (χ4n) is 0.687. The number of phosphoric acid groups is 5. The van der Waals surface area contributed by atoms with Crippen LogP contribution in [0.5, 0.6) is 0 Å². The van der Waals surface area contributed by atoms with E-state index in [1.54, 1.807) is 0 Å². The van der Waals surface area contributed by atoms with E-state index in [9.17, 15) is 47.3 Å². The molecule has 20 heavy (non-hydrogen) atoms. The van der Waals surface area contributed by atoms with Crippen LogP contribution in [-0.2, 0) is 44.4 Å². The zero-order valence-electron chi connectivity index (χ0n) is 8.36. The minimum atomic E-state index is -6.29. The van der Waals surface area contributed by atoms with Crippen molar-refractivity contribution in [2.45, 2.75) is 0 Å². The molecule has 1 saturated heterocycles. The molecule has 0 aromatic rings. The summed E-state index contributed by atoms with van der Waals surface area (Å²) in [6.07, 6.45) is 0. The van der Waals surface area contributed by atoms with Gasteiger partial charge in [-0.25, -0.2) is 21.6 Å². The quantitative estimate of drug-likeness (QED) is 0.382. The van der Waals surface area contributed by atoms with Crippen molar-refractivity contribution in [1.29, 1.82) is 0 Å². The van der Waals surface area contributed by atoms with Crippen molar-refractivity contribution in [3.63, 3.8) is 0 Å². The lowest BCUT2D eigenvalue weighted by atomic mass is 15.6. The zero-order valence-corrected chi connectivity index (χ0v) is 12.8. The summed E-state index contributed by atoms with van der Waals surface area (Å²) < 4.78 is 69.0. The maximum Gasteiger partial charge on any atom is 0.280 e. The zero-order chi connectivity index (χ0) is 16.0. The van der Waals surface area contributed by atoms with Gasteiger partial charge in [0.05, 0.1) is 0 Å². The molecule has 0 saturated carbocycles. The lowest BCUT2D eigenvalue weighted by molar-refractivity contribution is -0.263. The molecule has 1 aliphatic heterocycles. The van der Waals surface area contributed by atoms with Crippen molar-refractivity contribution in [3.8, 4) is 0 Å². The summed E-state index contributed by atoms with van der Waals surface area (Å²) in [7, 11) is -31.4. The number of hydrogen-bond acceptors (Lipinski definition) is 15. The van der Waals surface area contributed by atoms with Crippen molar-refractivity contribution >= 4 is 39.1 Å². The van der Waals surface area contributed by atoms with Crippen LogP contribution in [0.25, 0.3) is 0 Å². The highest BCUT2D eigenvalue weighted by molar-refractivity contribution is 7.73. The molecule has 1 aliphatic rings. The van der Waals surface area contributed by atoms with E-state index in [0.29, 0.717) is 0 Å². The van der Waals surface area contributed by atoms with Gasteiger partial charge in [0, 0.05) is 0 Å². The van der Waals surface area contributed by atoms with Crippen LogP contribution in [0.2, 0.25) is 0 Å². The molecule has 0 unspecified atom stereocenters. The topological polar surface area (TPSA) is 247 Å². The number of hydrogen-bond donors (Lipinski definition) is 0. The maximum absolute atomic E-state index is 10.8. The Kier molecular flexibility index (Phi) is 5.11. The molecule has 0 aromatic heterocycles. The first kappa shape index (κ1) is 18.8. The van der Waals surface area contributed by atoms with E-state index in [2.05, 4.69) is 21.6 Å². The van der Waals surface area contributed by atoms with Crippen molar-refractivity contribution in [2.24, 2.45) is 0 Å². The number of rotatable bonds is 0. The summed E-state index contributed by atoms with van der Waals surface area (Å²) in [6.45, 7) is 0. The average molecular weight is 395 g/mol. The third kappa shape index (κ3) is 6.25. The Morgan fingerprint density at radius 3 is 0.600 bits per heavy atom. The van der Waals surface area contributed by atoms with Gasteiger partial charge < -0.3 is 24.5 Å². The fraction of sp³-hybridized carbons (Fsp3) is 0. The molecule has 1 heterocycles. The summed E-state index contributed by atoms with van der Waals surface area (Å²) in [5, 5.41) is 0. The first-order valence-electron chi connectivity index (χ1n) is 3.65. The first-order valence-corrected chi connectivity index (χ1v) is 11.0. The van der Waals surface area contributed by atoms with E-state index in [0.717, 1.165) is 0 Å². The monoisotopic (exact) mass is 395 g/mol. The molecule has 0 radical (unpaired) electrons. The predicted octanol–water partition coefficient (Wildman–Crippen LogP) is -2.58. The van der Waals surface area contributed by atoms with Crippen LogP contribution >= 0.6 is 39.1 Å². The third-order valence-electron chi connectivity index (χ3n) is 1.000. The van der Waals surface area contributed by atoms with E-state index in [1.165, 1.54) is 0 Å². The van der Waals surface area contributed by atoms with Gasteiger partial charge in [0.2, 0.25) is 0 Å². The first-order chi connectivity index (χ1) is 8.54. The summed E-state index contributed by atoms with van der Waals surface area (Å²) in [5.41, 5.74) is 0. The second-order valence-electron chi connectivity index (χ2n) is 2.64. The van der Waals surface area contributed by atoms with Gasteiger partial charge in [0.25, 0.3) is 39.1 Å². The van der Waals surface area contributed by atoms with E-state index in [4.69, 9.17) is 0 Å².